The summed E-state index contributed by atoms with van der Waals surface area (Å²) in [5.41, 5.74) is 2.22. The lowest BCUT2D eigenvalue weighted by Gasteiger charge is -2.23. The standard InChI is InChI=1S/C27H34N4O3/c1-18(20-12-8-6-9-13-20)16-22-17-23(31(30-22)27(3,4)5)29-25(33)19(2)28-26(34)24(32)21-14-10-7-11-15-21/h6-15,17-19,24,32H,16H2,1-5H3,(H,28,34)(H,29,33). The van der Waals surface area contributed by atoms with Crippen molar-refractivity contribution in [3.8, 4) is 0 Å². The number of anilines is 1. The Labute approximate surface area is 201 Å². The number of carbonyl (C=O) groups is 2. The van der Waals surface area contributed by atoms with Gasteiger partial charge in [0.15, 0.2) is 6.10 Å². The van der Waals surface area contributed by atoms with Gasteiger partial charge in [0.2, 0.25) is 5.91 Å². The number of aliphatic hydroxyl groups is 1. The van der Waals surface area contributed by atoms with E-state index in [1.165, 1.54) is 5.56 Å². The summed E-state index contributed by atoms with van der Waals surface area (Å²) in [6.45, 7) is 9.78. The van der Waals surface area contributed by atoms with Crippen LogP contribution < -0.4 is 10.6 Å². The Kier molecular flexibility index (Phi) is 7.89. The summed E-state index contributed by atoms with van der Waals surface area (Å²) >= 11 is 0. The van der Waals surface area contributed by atoms with E-state index in [0.29, 0.717) is 11.4 Å². The van der Waals surface area contributed by atoms with Crippen molar-refractivity contribution in [2.45, 2.75) is 64.6 Å². The second kappa shape index (κ2) is 10.7. The van der Waals surface area contributed by atoms with Crippen LogP contribution in [0, 0.1) is 0 Å². The quantitative estimate of drug-likeness (QED) is 0.468. The number of hydrogen-bond donors (Lipinski definition) is 3. The lowest BCUT2D eigenvalue weighted by molar-refractivity contribution is -0.132. The van der Waals surface area contributed by atoms with Gasteiger partial charge >= 0.3 is 0 Å². The van der Waals surface area contributed by atoms with Crippen molar-refractivity contribution in [2.24, 2.45) is 0 Å². The first-order valence-electron chi connectivity index (χ1n) is 11.5. The van der Waals surface area contributed by atoms with Crippen LogP contribution in [0.25, 0.3) is 0 Å². The van der Waals surface area contributed by atoms with E-state index in [1.807, 2.05) is 45.0 Å². The van der Waals surface area contributed by atoms with E-state index in [0.717, 1.165) is 12.1 Å². The highest BCUT2D eigenvalue weighted by Crippen LogP contribution is 2.25. The minimum absolute atomic E-state index is 0.269. The highest BCUT2D eigenvalue weighted by atomic mass is 16.3. The molecule has 0 bridgehead atoms. The number of aromatic nitrogens is 2. The molecule has 0 radical (unpaired) electrons. The molecule has 7 heteroatoms. The Hall–Kier alpha value is -3.45. The normalized spacial score (nSPS) is 14.2. The topological polar surface area (TPSA) is 96.2 Å². The molecular formula is C27H34N4O3. The lowest BCUT2D eigenvalue weighted by atomic mass is 9.96. The van der Waals surface area contributed by atoms with Crippen LogP contribution in [0.15, 0.2) is 66.7 Å². The fourth-order valence-electron chi connectivity index (χ4n) is 3.72. The van der Waals surface area contributed by atoms with E-state index >= 15 is 0 Å². The Balaban J connectivity index is 1.70. The van der Waals surface area contributed by atoms with Gasteiger partial charge in [-0.1, -0.05) is 67.6 Å². The van der Waals surface area contributed by atoms with Crippen molar-refractivity contribution in [1.29, 1.82) is 0 Å². The molecule has 0 saturated carbocycles. The molecule has 3 rings (SSSR count). The summed E-state index contributed by atoms with van der Waals surface area (Å²) in [5.74, 6) is -0.180. The number of benzene rings is 2. The highest BCUT2D eigenvalue weighted by molar-refractivity contribution is 5.97. The molecule has 34 heavy (non-hydrogen) atoms. The van der Waals surface area contributed by atoms with Gasteiger partial charge in [0.25, 0.3) is 5.91 Å². The second-order valence-corrected chi connectivity index (χ2v) is 9.65. The molecule has 180 valence electrons. The molecule has 3 aromatic rings. The zero-order valence-electron chi connectivity index (χ0n) is 20.4. The van der Waals surface area contributed by atoms with E-state index in [2.05, 4.69) is 29.7 Å². The molecule has 3 atom stereocenters. The molecule has 0 saturated heterocycles. The van der Waals surface area contributed by atoms with Crippen LogP contribution in [0.1, 0.15) is 63.5 Å². The van der Waals surface area contributed by atoms with E-state index in [-0.39, 0.29) is 17.4 Å². The van der Waals surface area contributed by atoms with Gasteiger partial charge in [0.1, 0.15) is 11.9 Å². The molecular weight excluding hydrogens is 428 g/mol. The number of amides is 2. The number of rotatable bonds is 8. The molecule has 1 aromatic heterocycles. The number of nitrogens with one attached hydrogen (secondary N) is 2. The zero-order valence-corrected chi connectivity index (χ0v) is 20.4. The average molecular weight is 463 g/mol. The minimum Gasteiger partial charge on any atom is -0.378 e. The summed E-state index contributed by atoms with van der Waals surface area (Å²) in [7, 11) is 0. The van der Waals surface area contributed by atoms with Crippen LogP contribution >= 0.6 is 0 Å². The molecule has 0 spiro atoms. The van der Waals surface area contributed by atoms with Crippen molar-refractivity contribution in [3.63, 3.8) is 0 Å². The van der Waals surface area contributed by atoms with Crippen molar-refractivity contribution in [3.05, 3.63) is 83.6 Å². The van der Waals surface area contributed by atoms with Gasteiger partial charge in [0.05, 0.1) is 11.2 Å². The third kappa shape index (κ3) is 6.32. The van der Waals surface area contributed by atoms with Crippen molar-refractivity contribution in [1.82, 2.24) is 15.1 Å². The molecule has 3 N–H and O–H groups in total. The zero-order chi connectivity index (χ0) is 24.9. The van der Waals surface area contributed by atoms with Crippen molar-refractivity contribution >= 4 is 17.6 Å². The van der Waals surface area contributed by atoms with E-state index < -0.39 is 18.1 Å². The number of hydrogen-bond acceptors (Lipinski definition) is 4. The van der Waals surface area contributed by atoms with Crippen LogP contribution in [-0.2, 0) is 21.5 Å². The number of aliphatic hydroxyl groups excluding tert-OH is 1. The minimum atomic E-state index is -1.34. The average Bonchev–Trinajstić information content (AvgIpc) is 3.22. The molecule has 0 fully saturated rings. The second-order valence-electron chi connectivity index (χ2n) is 9.65. The van der Waals surface area contributed by atoms with Crippen LogP contribution in [0.2, 0.25) is 0 Å². The molecule has 0 aliphatic carbocycles. The maximum absolute atomic E-state index is 12.9. The van der Waals surface area contributed by atoms with Gasteiger partial charge in [0, 0.05) is 6.07 Å². The van der Waals surface area contributed by atoms with E-state index in [9.17, 15) is 14.7 Å². The molecule has 3 unspecified atom stereocenters. The maximum Gasteiger partial charge on any atom is 0.254 e. The van der Waals surface area contributed by atoms with Crippen molar-refractivity contribution in [2.75, 3.05) is 5.32 Å². The summed E-state index contributed by atoms with van der Waals surface area (Å²) in [6, 6.07) is 19.9. The highest BCUT2D eigenvalue weighted by Gasteiger charge is 2.25. The lowest BCUT2D eigenvalue weighted by Crippen LogP contribution is -2.44. The van der Waals surface area contributed by atoms with E-state index in [1.54, 1.807) is 41.9 Å². The maximum atomic E-state index is 12.9. The molecule has 2 amide bonds. The molecule has 0 aliphatic rings. The smallest absolute Gasteiger partial charge is 0.254 e. The first-order valence-corrected chi connectivity index (χ1v) is 11.5. The molecule has 1 heterocycles. The van der Waals surface area contributed by atoms with Gasteiger partial charge < -0.3 is 15.7 Å². The third-order valence-corrected chi connectivity index (χ3v) is 5.65. The Morgan fingerprint density at radius 3 is 2.06 bits per heavy atom. The van der Waals surface area contributed by atoms with Gasteiger partial charge in [-0.25, -0.2) is 4.68 Å². The summed E-state index contributed by atoms with van der Waals surface area (Å²) < 4.78 is 1.80. The van der Waals surface area contributed by atoms with Gasteiger partial charge in [-0.3, -0.25) is 9.59 Å². The molecule has 2 aromatic carbocycles. The predicted octanol–water partition coefficient (Wildman–Crippen LogP) is 4.16. The Bertz CT molecular complexity index is 1100. The van der Waals surface area contributed by atoms with Gasteiger partial charge in [-0.15, -0.1) is 0 Å². The molecule has 0 aliphatic heterocycles. The predicted molar refractivity (Wildman–Crippen MR) is 133 cm³/mol. The van der Waals surface area contributed by atoms with Crippen LogP contribution in [0.4, 0.5) is 5.82 Å². The molecule has 7 nitrogen and oxygen atoms in total. The first-order chi connectivity index (χ1) is 16.1. The largest absolute Gasteiger partial charge is 0.378 e. The van der Waals surface area contributed by atoms with Gasteiger partial charge in [-0.05, 0) is 51.2 Å². The first kappa shape index (κ1) is 25.2. The Morgan fingerprint density at radius 2 is 1.50 bits per heavy atom. The SMILES string of the molecule is CC(NC(=O)C(O)c1ccccc1)C(=O)Nc1cc(CC(C)c2ccccc2)nn1C(C)(C)C. The van der Waals surface area contributed by atoms with Crippen LogP contribution in [0.5, 0.6) is 0 Å². The third-order valence-electron chi connectivity index (χ3n) is 5.65. The monoisotopic (exact) mass is 462 g/mol. The summed E-state index contributed by atoms with van der Waals surface area (Å²) in [6.07, 6.45) is -0.617. The van der Waals surface area contributed by atoms with Gasteiger partial charge in [-0.2, -0.15) is 5.10 Å². The fourth-order valence-corrected chi connectivity index (χ4v) is 3.72. The number of carbonyl (C=O) groups excluding carboxylic acids is 2. The van der Waals surface area contributed by atoms with Crippen LogP contribution in [-0.4, -0.2) is 32.7 Å². The fraction of sp³-hybridized carbons (Fsp3) is 0.370. The summed E-state index contributed by atoms with van der Waals surface area (Å²) in [5, 5.41) is 20.5. The van der Waals surface area contributed by atoms with Crippen LogP contribution in [0.3, 0.4) is 0 Å². The summed E-state index contributed by atoms with van der Waals surface area (Å²) in [4.78, 5) is 25.3. The van der Waals surface area contributed by atoms with Crippen molar-refractivity contribution < 1.29 is 14.7 Å². The Morgan fingerprint density at radius 1 is 0.941 bits per heavy atom. The number of nitrogens with zero attached hydrogens (tertiary/aromatic N) is 2. The van der Waals surface area contributed by atoms with E-state index in [4.69, 9.17) is 5.10 Å².